The predicted octanol–water partition coefficient (Wildman–Crippen LogP) is 5.76. The molecule has 2 atom stereocenters. The molecule has 152 valence electrons. The molecule has 2 nitrogen and oxygen atoms in total. The quantitative estimate of drug-likeness (QED) is 0.522. The van der Waals surface area contributed by atoms with E-state index in [-0.39, 0.29) is 6.04 Å². The molecule has 0 bridgehead atoms. The molecule has 1 N–H and O–H groups in total. The number of hydrogen-bond donors (Lipinski definition) is 1. The van der Waals surface area contributed by atoms with E-state index in [4.69, 9.17) is 0 Å². The molecule has 0 amide bonds. The lowest BCUT2D eigenvalue weighted by atomic mass is 9.92. The van der Waals surface area contributed by atoms with E-state index in [1.807, 2.05) is 74.8 Å². The number of aliphatic hydroxyl groups excluding tert-OH is 1. The third kappa shape index (κ3) is 5.05. The van der Waals surface area contributed by atoms with Crippen LogP contribution in [0.25, 0.3) is 0 Å². The number of nitrogens with zero attached hydrogens (tertiary/aromatic N) is 1. The van der Waals surface area contributed by atoms with E-state index >= 15 is 0 Å². The Bertz CT molecular complexity index is 906. The van der Waals surface area contributed by atoms with Gasteiger partial charge in [0.25, 0.3) is 0 Å². The highest BCUT2D eigenvalue weighted by Gasteiger charge is 2.37. The average Bonchev–Trinajstić information content (AvgIpc) is 2.69. The van der Waals surface area contributed by atoms with E-state index in [0.717, 1.165) is 28.8 Å². The Labute approximate surface area is 169 Å². The minimum Gasteiger partial charge on any atom is -0.382 e. The first-order chi connectivity index (χ1) is 13.7. The van der Waals surface area contributed by atoms with Crippen LogP contribution >= 0.6 is 0 Å². The van der Waals surface area contributed by atoms with Crippen LogP contribution in [0.2, 0.25) is 0 Å². The number of aliphatic hydroxyl groups is 1. The summed E-state index contributed by atoms with van der Waals surface area (Å²) in [5.74, 6) is 0. The van der Waals surface area contributed by atoms with Crippen molar-refractivity contribution >= 4 is 0 Å². The Hall–Kier alpha value is -2.63. The van der Waals surface area contributed by atoms with Crippen molar-refractivity contribution in [3.63, 3.8) is 0 Å². The fourth-order valence-corrected chi connectivity index (χ4v) is 3.82. The molecule has 0 aliphatic rings. The molecule has 5 heteroatoms. The monoisotopic (exact) mass is 400 g/mol. The van der Waals surface area contributed by atoms with Gasteiger partial charge in [0.05, 0.1) is 19.7 Å². The smallest absolute Gasteiger partial charge is 0.382 e. The van der Waals surface area contributed by atoms with Crippen LogP contribution in [0.4, 0.5) is 13.2 Å². The van der Waals surface area contributed by atoms with Gasteiger partial charge >= 0.3 is 6.18 Å². The number of quaternary nitrogens is 1. The maximum Gasteiger partial charge on any atom is 0.416 e. The third-order valence-corrected chi connectivity index (χ3v) is 5.21. The van der Waals surface area contributed by atoms with E-state index < -0.39 is 17.8 Å². The Morgan fingerprint density at radius 2 is 1.24 bits per heavy atom. The molecule has 0 aliphatic carbocycles. The lowest BCUT2D eigenvalue weighted by Crippen LogP contribution is -2.45. The predicted molar refractivity (Wildman–Crippen MR) is 108 cm³/mol. The minimum absolute atomic E-state index is 0.291. The summed E-state index contributed by atoms with van der Waals surface area (Å²) in [6.07, 6.45) is -5.11. The van der Waals surface area contributed by atoms with Crippen LogP contribution < -0.4 is 0 Å². The topological polar surface area (TPSA) is 20.2 Å². The van der Waals surface area contributed by atoms with Gasteiger partial charge in [-0.05, 0) is 17.7 Å². The molecule has 0 aliphatic heterocycles. The second kappa shape index (κ2) is 8.39. The van der Waals surface area contributed by atoms with Gasteiger partial charge in [0.15, 0.2) is 0 Å². The lowest BCUT2D eigenvalue weighted by Gasteiger charge is -2.41. The standard InChI is InChI=1S/C24H25F3NO/c1-28(2,17-18-13-15-21(16-14-18)24(25,26)27)22(19-9-5-3-6-10-19)23(29)20-11-7-4-8-12-20/h3-16,22-23,29H,17H2,1-2H3/q+1. The van der Waals surface area contributed by atoms with E-state index in [1.54, 1.807) is 0 Å². The SMILES string of the molecule is C[N+](C)(Cc1ccc(C(F)(F)F)cc1)C(c1ccccc1)C(O)c1ccccc1. The molecule has 0 saturated heterocycles. The van der Waals surface area contributed by atoms with Crippen molar-refractivity contribution in [2.24, 2.45) is 0 Å². The van der Waals surface area contributed by atoms with Crippen LogP contribution in [0.15, 0.2) is 84.9 Å². The van der Waals surface area contributed by atoms with Gasteiger partial charge < -0.3 is 9.59 Å². The highest BCUT2D eigenvalue weighted by atomic mass is 19.4. The molecule has 0 heterocycles. The summed E-state index contributed by atoms with van der Waals surface area (Å²) in [5, 5.41) is 11.2. The van der Waals surface area contributed by atoms with Gasteiger partial charge in [0.1, 0.15) is 18.7 Å². The van der Waals surface area contributed by atoms with Crippen LogP contribution in [0, 0.1) is 0 Å². The van der Waals surface area contributed by atoms with E-state index in [1.165, 1.54) is 12.1 Å². The maximum atomic E-state index is 12.9. The number of alkyl halides is 3. The molecule has 3 rings (SSSR count). The zero-order chi connectivity index (χ0) is 21.1. The second-order valence-electron chi connectivity index (χ2n) is 7.84. The van der Waals surface area contributed by atoms with Crippen LogP contribution in [-0.2, 0) is 12.7 Å². The molecule has 0 radical (unpaired) electrons. The van der Waals surface area contributed by atoms with Gasteiger partial charge in [-0.2, -0.15) is 13.2 Å². The molecular weight excluding hydrogens is 375 g/mol. The van der Waals surface area contributed by atoms with Gasteiger partial charge in [0, 0.05) is 11.1 Å². The third-order valence-electron chi connectivity index (χ3n) is 5.21. The second-order valence-corrected chi connectivity index (χ2v) is 7.84. The number of halogens is 3. The van der Waals surface area contributed by atoms with Gasteiger partial charge in [0.2, 0.25) is 0 Å². The average molecular weight is 400 g/mol. The Morgan fingerprint density at radius 3 is 1.72 bits per heavy atom. The molecule has 3 aromatic carbocycles. The zero-order valence-electron chi connectivity index (χ0n) is 16.5. The first-order valence-corrected chi connectivity index (χ1v) is 9.45. The molecule has 3 aromatic rings. The largest absolute Gasteiger partial charge is 0.416 e. The lowest BCUT2D eigenvalue weighted by molar-refractivity contribution is -0.938. The van der Waals surface area contributed by atoms with Crippen molar-refractivity contribution < 1.29 is 22.8 Å². The van der Waals surface area contributed by atoms with Crippen molar-refractivity contribution in [3.05, 3.63) is 107 Å². The number of hydrogen-bond acceptors (Lipinski definition) is 1. The van der Waals surface area contributed by atoms with Crippen molar-refractivity contribution in [3.8, 4) is 0 Å². The Kier molecular flexibility index (Phi) is 6.10. The van der Waals surface area contributed by atoms with Crippen LogP contribution in [-0.4, -0.2) is 23.7 Å². The summed E-state index contributed by atoms with van der Waals surface area (Å²) in [5.41, 5.74) is 1.90. The minimum atomic E-state index is -4.35. The molecular formula is C24H25F3NO+. The molecule has 0 spiro atoms. The highest BCUT2D eigenvalue weighted by Crippen LogP contribution is 2.38. The van der Waals surface area contributed by atoms with Crippen LogP contribution in [0.3, 0.4) is 0 Å². The zero-order valence-corrected chi connectivity index (χ0v) is 16.5. The maximum absolute atomic E-state index is 12.9. The van der Waals surface area contributed by atoms with Crippen LogP contribution in [0.1, 0.15) is 34.4 Å². The molecule has 29 heavy (non-hydrogen) atoms. The summed E-state index contributed by atoms with van der Waals surface area (Å²) in [6.45, 7) is 0.474. The van der Waals surface area contributed by atoms with Crippen molar-refractivity contribution in [1.29, 1.82) is 0 Å². The molecule has 0 saturated carbocycles. The van der Waals surface area contributed by atoms with Gasteiger partial charge in [-0.1, -0.05) is 72.8 Å². The summed E-state index contributed by atoms with van der Waals surface area (Å²) in [4.78, 5) is 0. The number of benzene rings is 3. The van der Waals surface area contributed by atoms with Crippen LogP contribution in [0.5, 0.6) is 0 Å². The number of likely N-dealkylation sites (N-methyl/N-ethyl adjacent to an activating group) is 1. The number of rotatable bonds is 6. The first-order valence-electron chi connectivity index (χ1n) is 9.45. The van der Waals surface area contributed by atoms with E-state index in [2.05, 4.69) is 0 Å². The first kappa shape index (κ1) is 21.1. The Morgan fingerprint density at radius 1 is 0.759 bits per heavy atom. The van der Waals surface area contributed by atoms with Gasteiger partial charge in [-0.25, -0.2) is 0 Å². The Balaban J connectivity index is 1.93. The molecule has 0 aromatic heterocycles. The van der Waals surface area contributed by atoms with E-state index in [9.17, 15) is 18.3 Å². The van der Waals surface area contributed by atoms with Gasteiger partial charge in [-0.15, -0.1) is 0 Å². The fourth-order valence-electron chi connectivity index (χ4n) is 3.82. The summed E-state index contributed by atoms with van der Waals surface area (Å²) >= 11 is 0. The summed E-state index contributed by atoms with van der Waals surface area (Å²) in [7, 11) is 3.98. The fraction of sp³-hybridized carbons (Fsp3) is 0.250. The van der Waals surface area contributed by atoms with Crippen molar-refractivity contribution in [1.82, 2.24) is 0 Å². The molecule has 2 unspecified atom stereocenters. The van der Waals surface area contributed by atoms with Crippen molar-refractivity contribution in [2.45, 2.75) is 24.9 Å². The summed E-state index contributed by atoms with van der Waals surface area (Å²) < 4.78 is 39.0. The van der Waals surface area contributed by atoms with Gasteiger partial charge in [-0.3, -0.25) is 0 Å². The highest BCUT2D eigenvalue weighted by molar-refractivity contribution is 5.26. The van der Waals surface area contributed by atoms with Crippen molar-refractivity contribution in [2.75, 3.05) is 14.1 Å². The van der Waals surface area contributed by atoms with E-state index in [0.29, 0.717) is 11.0 Å². The summed E-state index contributed by atoms with van der Waals surface area (Å²) in [6, 6.07) is 24.1. The normalized spacial score (nSPS) is 14.4. The molecule has 0 fully saturated rings.